The van der Waals surface area contributed by atoms with Crippen molar-refractivity contribution in [3.8, 4) is 5.75 Å². The van der Waals surface area contributed by atoms with Crippen molar-refractivity contribution < 1.29 is 67.2 Å². The number of H-pyrrole nitrogens is 1. The minimum absolute atomic E-state index is 0.0538. The van der Waals surface area contributed by atoms with Crippen molar-refractivity contribution in [2.24, 2.45) is 0 Å². The van der Waals surface area contributed by atoms with Gasteiger partial charge in [-0.25, -0.2) is 19.2 Å². The zero-order valence-corrected chi connectivity index (χ0v) is 32.5. The summed E-state index contributed by atoms with van der Waals surface area (Å²) in [6.45, 7) is 1.32. The van der Waals surface area contributed by atoms with Crippen LogP contribution in [0.15, 0.2) is 93.9 Å². The van der Waals surface area contributed by atoms with Gasteiger partial charge in [0, 0.05) is 42.1 Å². The van der Waals surface area contributed by atoms with Crippen LogP contribution < -0.4 is 16.8 Å². The summed E-state index contributed by atoms with van der Waals surface area (Å²) in [6.07, 6.45) is -4.56. The number of fused-ring (bicyclic) bond motifs is 1. The van der Waals surface area contributed by atoms with Crippen LogP contribution in [0.5, 0.6) is 5.75 Å². The summed E-state index contributed by atoms with van der Waals surface area (Å²) in [4.78, 5) is 57.2. The van der Waals surface area contributed by atoms with Gasteiger partial charge in [-0.05, 0) is 102 Å². The summed E-state index contributed by atoms with van der Waals surface area (Å²) in [6, 6.07) is 19.9. The number of carboxylic acid groups (broad SMARTS) is 4. The summed E-state index contributed by atoms with van der Waals surface area (Å²) >= 11 is 5.35. The predicted octanol–water partition coefficient (Wildman–Crippen LogP) is 7.83. The van der Waals surface area contributed by atoms with Crippen LogP contribution in [0.4, 0.5) is 30.2 Å². The number of aromatic hydroxyl groups is 1. The zero-order valence-electron chi connectivity index (χ0n) is 28.8. The molecule has 0 aliphatic heterocycles. The maximum Gasteiger partial charge on any atom is 0.416 e. The van der Waals surface area contributed by atoms with Gasteiger partial charge < -0.3 is 51.8 Å². The summed E-state index contributed by atoms with van der Waals surface area (Å²) < 4.78 is 44.2. The number of rotatable bonds is 6. The molecule has 0 bridgehead atoms. The van der Waals surface area contributed by atoms with E-state index in [0.717, 1.165) is 37.1 Å². The third-order valence-electron chi connectivity index (χ3n) is 7.05. The number of nitrogens with two attached hydrogens (primary N) is 2. The fourth-order valence-electron chi connectivity index (χ4n) is 4.41. The van der Waals surface area contributed by atoms with E-state index in [2.05, 4.69) is 35.9 Å². The Kier molecular flexibility index (Phi) is 15.2. The number of halogens is 5. The number of alkyl halides is 3. The van der Waals surface area contributed by atoms with Crippen LogP contribution in [0.3, 0.4) is 0 Å². The van der Waals surface area contributed by atoms with Gasteiger partial charge in [0.15, 0.2) is 0 Å². The van der Waals surface area contributed by atoms with Crippen LogP contribution in [0, 0.1) is 10.5 Å². The monoisotopic (exact) mass is 969 g/mol. The number of aromatic nitrogens is 2. The number of aromatic carboxylic acids is 4. The number of anilines is 3. The molecule has 298 valence electrons. The minimum atomic E-state index is -4.56. The molecule has 21 heteroatoms. The standard InChI is InChI=1S/C13H9F3N2O4.C9H6BrNO2.C7H6INO2.C7H7NO3/c1-6-9(10(12(20)21)18-22-6)11(19)17-8-4-2-3-7(5-8)13(14,15)16;10-6-1-2-7-5(3-6)4-8(11-7)9(12)13;8-4-1-2-6(9)5(3-4)7(10)11;8-4-1-2-5(7(10)11)6(9)3-4/h2-5H,1H3,(H,17,19)(H,20,21);1-4,11H,(H,12,13);1-3H,9H2,(H,10,11);1-3,9H,8H2,(H,10,11). The SMILES string of the molecule is Cc1onc(C(=O)O)c1C(=O)Nc1cccc(C(F)(F)F)c1.Nc1ccc(C(=O)O)c(O)c1.Nc1ccc(I)cc1C(=O)O.O=C(O)c1cc2cc(Br)ccc2[nH]1. The Bertz CT molecular complexity index is 2470. The van der Waals surface area contributed by atoms with Crippen molar-refractivity contribution in [2.45, 2.75) is 13.1 Å². The number of amides is 1. The van der Waals surface area contributed by atoms with E-state index in [9.17, 15) is 37.1 Å². The zero-order chi connectivity index (χ0) is 42.8. The Morgan fingerprint density at radius 3 is 2.05 bits per heavy atom. The van der Waals surface area contributed by atoms with E-state index in [-0.39, 0.29) is 39.6 Å². The van der Waals surface area contributed by atoms with Gasteiger partial charge in [0.05, 0.1) is 11.1 Å². The normalized spacial score (nSPS) is 10.4. The maximum absolute atomic E-state index is 12.6. The predicted molar refractivity (Wildman–Crippen MR) is 211 cm³/mol. The molecular weight excluding hydrogens is 942 g/mol. The maximum atomic E-state index is 12.6. The van der Waals surface area contributed by atoms with Gasteiger partial charge in [-0.1, -0.05) is 27.2 Å². The third-order valence-corrected chi connectivity index (χ3v) is 8.22. The lowest BCUT2D eigenvalue weighted by Gasteiger charge is -2.09. The number of phenols is 1. The molecule has 0 aliphatic rings. The summed E-state index contributed by atoms with van der Waals surface area (Å²) in [5, 5.41) is 50.0. The molecule has 0 radical (unpaired) electrons. The molecule has 2 aromatic heterocycles. The molecule has 4 aromatic carbocycles. The fraction of sp³-hybridized carbons (Fsp3) is 0.0556. The number of carbonyl (C=O) groups excluding carboxylic acids is 1. The molecule has 6 rings (SSSR count). The Labute approximate surface area is 340 Å². The molecule has 0 fully saturated rings. The number of hydrogen-bond acceptors (Lipinski definition) is 10. The molecule has 2 heterocycles. The first-order valence-corrected chi connectivity index (χ1v) is 17.3. The van der Waals surface area contributed by atoms with Gasteiger partial charge in [0.1, 0.15) is 28.3 Å². The number of aryl methyl sites for hydroxylation is 1. The van der Waals surface area contributed by atoms with Crippen LogP contribution in [0.25, 0.3) is 10.9 Å². The average Bonchev–Trinajstić information content (AvgIpc) is 3.73. The van der Waals surface area contributed by atoms with Crippen LogP contribution in [0.1, 0.15) is 63.4 Å². The van der Waals surface area contributed by atoms with Crippen LogP contribution in [-0.4, -0.2) is 65.5 Å². The minimum Gasteiger partial charge on any atom is -0.507 e. The second-order valence-corrected chi connectivity index (χ2v) is 13.3. The third kappa shape index (κ3) is 12.7. The van der Waals surface area contributed by atoms with Crippen LogP contribution in [0.2, 0.25) is 0 Å². The van der Waals surface area contributed by atoms with E-state index < -0.39 is 47.2 Å². The van der Waals surface area contributed by atoms with E-state index in [1.54, 1.807) is 18.2 Å². The molecule has 0 unspecified atom stereocenters. The first kappa shape index (κ1) is 44.8. The molecule has 11 N–H and O–H groups in total. The number of benzene rings is 4. The molecular formula is C36H28BrF3IN5O11. The van der Waals surface area contributed by atoms with Crippen molar-refractivity contribution in [3.05, 3.63) is 132 Å². The number of aromatic amines is 1. The molecule has 1 amide bonds. The number of carbonyl (C=O) groups is 5. The topological polar surface area (TPSA) is 292 Å². The smallest absolute Gasteiger partial charge is 0.416 e. The van der Waals surface area contributed by atoms with Crippen molar-refractivity contribution in [1.29, 1.82) is 0 Å². The lowest BCUT2D eigenvalue weighted by Crippen LogP contribution is -2.17. The summed E-state index contributed by atoms with van der Waals surface area (Å²) in [5.74, 6) is -5.85. The van der Waals surface area contributed by atoms with Crippen molar-refractivity contribution in [2.75, 3.05) is 16.8 Å². The summed E-state index contributed by atoms with van der Waals surface area (Å²) in [5.41, 5.74) is 10.4. The molecule has 16 nitrogen and oxygen atoms in total. The lowest BCUT2D eigenvalue weighted by atomic mass is 10.1. The van der Waals surface area contributed by atoms with Gasteiger partial charge in [0.25, 0.3) is 5.91 Å². The van der Waals surface area contributed by atoms with E-state index >= 15 is 0 Å². The fourth-order valence-corrected chi connectivity index (χ4v) is 5.28. The highest BCUT2D eigenvalue weighted by atomic mass is 127. The molecule has 6 aromatic rings. The number of nitrogens with zero attached hydrogens (tertiary/aromatic N) is 1. The van der Waals surface area contributed by atoms with E-state index in [1.807, 2.05) is 40.8 Å². The number of nitrogens with one attached hydrogen (secondary N) is 2. The Hall–Kier alpha value is -6.62. The van der Waals surface area contributed by atoms with E-state index in [0.29, 0.717) is 11.4 Å². The number of nitrogen functional groups attached to an aromatic ring is 2. The van der Waals surface area contributed by atoms with Gasteiger partial charge in [0.2, 0.25) is 5.69 Å². The second-order valence-electron chi connectivity index (χ2n) is 11.1. The molecule has 57 heavy (non-hydrogen) atoms. The average molecular weight is 970 g/mol. The number of hydrogen-bond donors (Lipinski definition) is 9. The Morgan fingerprint density at radius 2 is 1.49 bits per heavy atom. The highest BCUT2D eigenvalue weighted by Crippen LogP contribution is 2.31. The number of carboxylic acids is 4. The molecule has 0 aliphatic carbocycles. The van der Waals surface area contributed by atoms with Crippen molar-refractivity contribution in [3.63, 3.8) is 0 Å². The Morgan fingerprint density at radius 1 is 0.825 bits per heavy atom. The first-order valence-electron chi connectivity index (χ1n) is 15.4. The summed E-state index contributed by atoms with van der Waals surface area (Å²) in [7, 11) is 0. The van der Waals surface area contributed by atoms with Gasteiger partial charge in [-0.2, -0.15) is 13.2 Å². The van der Waals surface area contributed by atoms with Gasteiger partial charge in [-0.3, -0.25) is 4.79 Å². The van der Waals surface area contributed by atoms with Gasteiger partial charge >= 0.3 is 30.1 Å². The second kappa shape index (κ2) is 19.3. The lowest BCUT2D eigenvalue weighted by molar-refractivity contribution is -0.137. The van der Waals surface area contributed by atoms with E-state index in [1.165, 1.54) is 37.3 Å². The molecule has 0 saturated heterocycles. The van der Waals surface area contributed by atoms with Crippen LogP contribution >= 0.6 is 38.5 Å². The molecule has 0 saturated carbocycles. The van der Waals surface area contributed by atoms with Crippen LogP contribution in [-0.2, 0) is 6.18 Å². The highest BCUT2D eigenvalue weighted by Gasteiger charge is 2.31. The quantitative estimate of drug-likeness (QED) is 0.0568. The highest BCUT2D eigenvalue weighted by molar-refractivity contribution is 14.1. The molecule has 0 atom stereocenters. The first-order chi connectivity index (χ1) is 26.6. The van der Waals surface area contributed by atoms with Crippen molar-refractivity contribution >= 4 is 96.3 Å². The van der Waals surface area contributed by atoms with Crippen molar-refractivity contribution in [1.82, 2.24) is 10.1 Å². The Balaban J connectivity index is 0.000000214. The van der Waals surface area contributed by atoms with E-state index in [4.69, 9.17) is 37.0 Å². The molecule has 0 spiro atoms. The largest absolute Gasteiger partial charge is 0.507 e. The van der Waals surface area contributed by atoms with Gasteiger partial charge in [-0.15, -0.1) is 0 Å².